The van der Waals surface area contributed by atoms with Gasteiger partial charge < -0.3 is 10.4 Å². The molecule has 0 spiro atoms. The monoisotopic (exact) mass is 340 g/mol. The van der Waals surface area contributed by atoms with E-state index in [9.17, 15) is 14.7 Å². The molecule has 5 nitrogen and oxygen atoms in total. The van der Waals surface area contributed by atoms with Crippen LogP contribution in [0.15, 0.2) is 16.9 Å². The number of halogens is 1. The lowest BCUT2D eigenvalue weighted by molar-refractivity contribution is -0.150. The highest BCUT2D eigenvalue weighted by Crippen LogP contribution is 2.41. The molecular weight excluding hydrogens is 324 g/mol. The Hall–Kier alpha value is -1.43. The summed E-state index contributed by atoms with van der Waals surface area (Å²) in [6.07, 6.45) is 4.48. The Morgan fingerprint density at radius 1 is 1.45 bits per heavy atom. The summed E-state index contributed by atoms with van der Waals surface area (Å²) < 4.78 is 0.730. The van der Waals surface area contributed by atoms with Crippen LogP contribution < -0.4 is 5.32 Å². The van der Waals surface area contributed by atoms with Crippen LogP contribution >= 0.6 is 15.9 Å². The van der Waals surface area contributed by atoms with Gasteiger partial charge in [0, 0.05) is 6.42 Å². The lowest BCUT2D eigenvalue weighted by atomic mass is 9.82. The number of hydrogen-bond donors (Lipinski definition) is 2. The Kier molecular flexibility index (Phi) is 4.42. The molecule has 2 N–H and O–H groups in total. The number of carbonyl (C=O) groups is 2. The van der Waals surface area contributed by atoms with Crippen molar-refractivity contribution in [3.05, 3.63) is 22.4 Å². The standard InChI is InChI=1S/C14H17BrN2O3/c1-9-6-10(8-16-12(9)15)17-11(18)7-14(13(19)20)4-2-3-5-14/h6,8H,2-5,7H2,1H3,(H,17,18)(H,19,20). The van der Waals surface area contributed by atoms with Gasteiger partial charge in [-0.05, 0) is 47.3 Å². The predicted octanol–water partition coefficient (Wildman–Crippen LogP) is 3.13. The fourth-order valence-electron chi connectivity index (χ4n) is 2.66. The normalized spacial score (nSPS) is 16.9. The van der Waals surface area contributed by atoms with Crippen LogP contribution in [0.1, 0.15) is 37.7 Å². The van der Waals surface area contributed by atoms with Gasteiger partial charge in [0.05, 0.1) is 17.3 Å². The van der Waals surface area contributed by atoms with Crippen molar-refractivity contribution < 1.29 is 14.7 Å². The van der Waals surface area contributed by atoms with Gasteiger partial charge in [-0.15, -0.1) is 0 Å². The van der Waals surface area contributed by atoms with Gasteiger partial charge in [0.25, 0.3) is 0 Å². The molecule has 1 amide bonds. The van der Waals surface area contributed by atoms with E-state index in [0.717, 1.165) is 23.0 Å². The number of amides is 1. The SMILES string of the molecule is Cc1cc(NC(=O)CC2(C(=O)O)CCCC2)cnc1Br. The molecule has 1 aliphatic rings. The first-order valence-electron chi connectivity index (χ1n) is 6.58. The predicted molar refractivity (Wildman–Crippen MR) is 78.5 cm³/mol. The van der Waals surface area contributed by atoms with Crippen LogP contribution in [0.3, 0.4) is 0 Å². The first-order chi connectivity index (χ1) is 9.43. The molecule has 1 aromatic rings. The van der Waals surface area contributed by atoms with E-state index in [1.165, 1.54) is 0 Å². The number of carbonyl (C=O) groups excluding carboxylic acids is 1. The number of nitrogens with one attached hydrogen (secondary N) is 1. The molecule has 1 aliphatic carbocycles. The number of nitrogens with zero attached hydrogens (tertiary/aromatic N) is 1. The summed E-state index contributed by atoms with van der Waals surface area (Å²) in [5.41, 5.74) is 0.618. The van der Waals surface area contributed by atoms with Gasteiger partial charge in [-0.25, -0.2) is 4.98 Å². The van der Waals surface area contributed by atoms with Crippen LogP contribution in [-0.2, 0) is 9.59 Å². The lowest BCUT2D eigenvalue weighted by Gasteiger charge is -2.22. The van der Waals surface area contributed by atoms with Crippen LogP contribution in [-0.4, -0.2) is 22.0 Å². The molecule has 0 atom stereocenters. The van der Waals surface area contributed by atoms with Crippen LogP contribution in [0.5, 0.6) is 0 Å². The zero-order chi connectivity index (χ0) is 14.8. The van der Waals surface area contributed by atoms with Gasteiger partial charge in [0.1, 0.15) is 4.60 Å². The van der Waals surface area contributed by atoms with Crippen LogP contribution in [0, 0.1) is 12.3 Å². The number of carboxylic acid groups (broad SMARTS) is 1. The van der Waals surface area contributed by atoms with Crippen molar-refractivity contribution >= 4 is 33.5 Å². The first-order valence-corrected chi connectivity index (χ1v) is 7.38. The van der Waals surface area contributed by atoms with Crippen LogP contribution in [0.4, 0.5) is 5.69 Å². The second-order valence-electron chi connectivity index (χ2n) is 5.35. The summed E-state index contributed by atoms with van der Waals surface area (Å²) in [5, 5.41) is 12.1. The number of pyridine rings is 1. The number of carboxylic acids is 1. The Balaban J connectivity index is 2.04. The number of aromatic nitrogens is 1. The first kappa shape index (κ1) is 15.0. The van der Waals surface area contributed by atoms with Crippen LogP contribution in [0.2, 0.25) is 0 Å². The minimum absolute atomic E-state index is 0.0252. The molecule has 0 saturated heterocycles. The van der Waals surface area contributed by atoms with Gasteiger partial charge in [0.15, 0.2) is 0 Å². The Morgan fingerprint density at radius 3 is 2.65 bits per heavy atom. The quantitative estimate of drug-likeness (QED) is 0.825. The highest BCUT2D eigenvalue weighted by Gasteiger charge is 2.42. The van der Waals surface area contributed by atoms with E-state index >= 15 is 0 Å². The summed E-state index contributed by atoms with van der Waals surface area (Å²) in [5.74, 6) is -1.13. The molecule has 1 heterocycles. The van der Waals surface area contributed by atoms with E-state index in [1.807, 2.05) is 6.92 Å². The van der Waals surface area contributed by atoms with Gasteiger partial charge in [0.2, 0.25) is 5.91 Å². The lowest BCUT2D eigenvalue weighted by Crippen LogP contribution is -2.32. The van der Waals surface area contributed by atoms with Gasteiger partial charge in [-0.2, -0.15) is 0 Å². The molecule has 20 heavy (non-hydrogen) atoms. The highest BCUT2D eigenvalue weighted by atomic mass is 79.9. The van der Waals surface area contributed by atoms with Gasteiger partial charge in [-0.3, -0.25) is 9.59 Å². The third-order valence-electron chi connectivity index (χ3n) is 3.81. The van der Waals surface area contributed by atoms with Gasteiger partial charge in [-0.1, -0.05) is 12.8 Å². The fraction of sp³-hybridized carbons (Fsp3) is 0.500. The maximum Gasteiger partial charge on any atom is 0.310 e. The number of aryl methyl sites for hydroxylation is 1. The summed E-state index contributed by atoms with van der Waals surface area (Å²) >= 11 is 3.29. The molecule has 108 valence electrons. The maximum atomic E-state index is 12.1. The molecule has 0 aliphatic heterocycles. The van der Waals surface area contributed by atoms with Crippen molar-refractivity contribution in [3.63, 3.8) is 0 Å². The zero-order valence-corrected chi connectivity index (χ0v) is 12.9. The van der Waals surface area contributed by atoms with E-state index < -0.39 is 11.4 Å². The fourth-order valence-corrected chi connectivity index (χ4v) is 2.87. The second kappa shape index (κ2) is 5.91. The van der Waals surface area contributed by atoms with E-state index in [4.69, 9.17) is 0 Å². The second-order valence-corrected chi connectivity index (χ2v) is 6.10. The third kappa shape index (κ3) is 3.17. The Morgan fingerprint density at radius 2 is 2.10 bits per heavy atom. The zero-order valence-electron chi connectivity index (χ0n) is 11.3. The Bertz CT molecular complexity index is 539. The topological polar surface area (TPSA) is 79.3 Å². The van der Waals surface area contributed by atoms with Crippen molar-refractivity contribution in [2.75, 3.05) is 5.32 Å². The average Bonchev–Trinajstić information content (AvgIpc) is 2.83. The molecule has 0 unspecified atom stereocenters. The number of aliphatic carboxylic acids is 1. The molecule has 0 radical (unpaired) electrons. The van der Waals surface area contributed by atoms with Crippen molar-refractivity contribution in [1.29, 1.82) is 0 Å². The van der Waals surface area contributed by atoms with Crippen molar-refractivity contribution in [1.82, 2.24) is 4.98 Å². The van der Waals surface area contributed by atoms with Crippen molar-refractivity contribution in [3.8, 4) is 0 Å². The van der Waals surface area contributed by atoms with E-state index in [1.54, 1.807) is 12.3 Å². The molecule has 0 bridgehead atoms. The highest BCUT2D eigenvalue weighted by molar-refractivity contribution is 9.10. The number of rotatable bonds is 4. The van der Waals surface area contributed by atoms with E-state index in [-0.39, 0.29) is 12.3 Å². The third-order valence-corrected chi connectivity index (χ3v) is 4.64. The molecular formula is C14H17BrN2O3. The largest absolute Gasteiger partial charge is 0.481 e. The summed E-state index contributed by atoms with van der Waals surface area (Å²) in [7, 11) is 0. The molecule has 0 aromatic carbocycles. The summed E-state index contributed by atoms with van der Waals surface area (Å²) in [6, 6.07) is 1.80. The Labute approximate surface area is 125 Å². The molecule has 1 aromatic heterocycles. The van der Waals surface area contributed by atoms with E-state index in [2.05, 4.69) is 26.2 Å². The van der Waals surface area contributed by atoms with Crippen LogP contribution in [0.25, 0.3) is 0 Å². The van der Waals surface area contributed by atoms with E-state index in [0.29, 0.717) is 18.5 Å². The van der Waals surface area contributed by atoms with Crippen molar-refractivity contribution in [2.45, 2.75) is 39.0 Å². The molecule has 1 fully saturated rings. The molecule has 6 heteroatoms. The minimum Gasteiger partial charge on any atom is -0.481 e. The summed E-state index contributed by atoms with van der Waals surface area (Å²) in [6.45, 7) is 1.88. The minimum atomic E-state index is -0.887. The van der Waals surface area contributed by atoms with Crippen molar-refractivity contribution in [2.24, 2.45) is 5.41 Å². The molecule has 2 rings (SSSR count). The molecule has 1 saturated carbocycles. The average molecular weight is 341 g/mol. The smallest absolute Gasteiger partial charge is 0.310 e. The number of anilines is 1. The number of hydrogen-bond acceptors (Lipinski definition) is 3. The summed E-state index contributed by atoms with van der Waals surface area (Å²) in [4.78, 5) is 27.6. The maximum absolute atomic E-state index is 12.1. The van der Waals surface area contributed by atoms with Gasteiger partial charge >= 0.3 is 5.97 Å².